The summed E-state index contributed by atoms with van der Waals surface area (Å²) in [5, 5.41) is 0. The average molecular weight is 182 g/mol. The van der Waals surface area contributed by atoms with Crippen molar-refractivity contribution in [1.29, 1.82) is 0 Å². The predicted molar refractivity (Wildman–Crippen MR) is 42.6 cm³/mol. The van der Waals surface area contributed by atoms with E-state index in [0.717, 1.165) is 5.75 Å². The van der Waals surface area contributed by atoms with Crippen molar-refractivity contribution in [2.75, 3.05) is 19.0 Å². The van der Waals surface area contributed by atoms with Crippen LogP contribution in [-0.4, -0.2) is 28.6 Å². The normalized spacial score (nSPS) is 39.5. The van der Waals surface area contributed by atoms with E-state index < -0.39 is 12.0 Å². The maximum Gasteiger partial charge on any atom is 0.238 e. The zero-order chi connectivity index (χ0) is 7.83. The third-order valence-electron chi connectivity index (χ3n) is 1.58. The van der Waals surface area contributed by atoms with Gasteiger partial charge in [0.1, 0.15) is 0 Å². The van der Waals surface area contributed by atoms with E-state index in [2.05, 4.69) is 0 Å². The second kappa shape index (κ2) is 2.52. The van der Waals surface area contributed by atoms with Crippen molar-refractivity contribution in [3.63, 3.8) is 0 Å². The molecule has 0 spiro atoms. The molecule has 0 aliphatic carbocycles. The van der Waals surface area contributed by atoms with E-state index in [1.807, 2.05) is 0 Å². The maximum atomic E-state index is 11.1. The van der Waals surface area contributed by atoms with Crippen LogP contribution in [0.3, 0.4) is 0 Å². The number of hydrogen-bond acceptors (Lipinski definition) is 3. The van der Waals surface area contributed by atoms with Gasteiger partial charge in [-0.1, -0.05) is 0 Å². The second-order valence-corrected chi connectivity index (χ2v) is 6.86. The van der Waals surface area contributed by atoms with Gasteiger partial charge in [-0.05, 0) is 6.92 Å². The van der Waals surface area contributed by atoms with E-state index in [1.165, 1.54) is 18.4 Å². The van der Waals surface area contributed by atoms with Crippen molar-refractivity contribution in [1.82, 2.24) is 0 Å². The highest BCUT2D eigenvalue weighted by atomic mass is 32.2. The van der Waals surface area contributed by atoms with Crippen molar-refractivity contribution >= 4 is 19.1 Å². The minimum atomic E-state index is -3.08. The van der Waals surface area contributed by atoms with Gasteiger partial charge in [-0.3, -0.25) is 4.57 Å². The van der Waals surface area contributed by atoms with E-state index in [-0.39, 0.29) is 0 Å². The van der Waals surface area contributed by atoms with Crippen molar-refractivity contribution in [2.45, 2.75) is 11.6 Å². The van der Waals surface area contributed by atoms with Gasteiger partial charge in [0.05, 0.1) is 6.61 Å². The van der Waals surface area contributed by atoms with Gasteiger partial charge in [0.25, 0.3) is 0 Å². The van der Waals surface area contributed by atoms with Crippen LogP contribution < -0.4 is 0 Å². The van der Waals surface area contributed by atoms with E-state index in [1.54, 1.807) is 6.92 Å². The Morgan fingerprint density at radius 2 is 2.40 bits per heavy atom. The first-order chi connectivity index (χ1) is 4.46. The Balaban J connectivity index is 2.78. The highest BCUT2D eigenvalue weighted by Gasteiger charge is 2.44. The molecule has 2 unspecified atom stereocenters. The molecule has 0 saturated carbocycles. The smallest absolute Gasteiger partial charge is 0.238 e. The van der Waals surface area contributed by atoms with Crippen LogP contribution in [0.2, 0.25) is 0 Å². The van der Waals surface area contributed by atoms with Crippen LogP contribution in [0, 0.1) is 0 Å². The first-order valence-corrected chi connectivity index (χ1v) is 6.13. The first kappa shape index (κ1) is 8.60. The van der Waals surface area contributed by atoms with Crippen LogP contribution in [0.1, 0.15) is 6.92 Å². The standard InChI is InChI=1S/C5H11O3PS/c1-5(9(2,6)7)8-3-4-10-5/h3-4H2,1-2H3,(H,6,7). The fourth-order valence-corrected chi connectivity index (χ4v) is 3.02. The Morgan fingerprint density at radius 3 is 2.60 bits per heavy atom. The zero-order valence-corrected chi connectivity index (χ0v) is 7.74. The van der Waals surface area contributed by atoms with Gasteiger partial charge in [0, 0.05) is 12.4 Å². The molecule has 1 heterocycles. The Hall–Kier alpha value is 0.500. The SMILES string of the molecule is CC1(P(C)(=O)O)OCCS1. The lowest BCUT2D eigenvalue weighted by Crippen LogP contribution is -2.18. The number of ether oxygens (including phenoxy) is 1. The molecule has 0 bridgehead atoms. The largest absolute Gasteiger partial charge is 0.354 e. The van der Waals surface area contributed by atoms with Crippen LogP contribution in [-0.2, 0) is 9.30 Å². The average Bonchev–Trinajstić information content (AvgIpc) is 2.13. The van der Waals surface area contributed by atoms with Gasteiger partial charge in [-0.25, -0.2) is 0 Å². The van der Waals surface area contributed by atoms with Gasteiger partial charge in [-0.2, -0.15) is 0 Å². The van der Waals surface area contributed by atoms with E-state index in [0.29, 0.717) is 6.61 Å². The van der Waals surface area contributed by atoms with E-state index in [9.17, 15) is 9.46 Å². The van der Waals surface area contributed by atoms with Gasteiger partial charge in [0.15, 0.2) is 4.67 Å². The molecule has 3 nitrogen and oxygen atoms in total. The topological polar surface area (TPSA) is 46.5 Å². The minimum Gasteiger partial charge on any atom is -0.354 e. The Bertz CT molecular complexity index is 170. The molecular weight excluding hydrogens is 171 g/mol. The molecule has 1 aliphatic rings. The molecule has 60 valence electrons. The monoisotopic (exact) mass is 182 g/mol. The molecule has 0 radical (unpaired) electrons. The van der Waals surface area contributed by atoms with Crippen LogP contribution in [0.25, 0.3) is 0 Å². The van der Waals surface area contributed by atoms with Crippen LogP contribution in [0.4, 0.5) is 0 Å². The van der Waals surface area contributed by atoms with Crippen LogP contribution in [0.15, 0.2) is 0 Å². The van der Waals surface area contributed by atoms with Gasteiger partial charge < -0.3 is 9.63 Å². The van der Waals surface area contributed by atoms with Crippen LogP contribution in [0.5, 0.6) is 0 Å². The summed E-state index contributed by atoms with van der Waals surface area (Å²) in [7, 11) is -3.08. The molecule has 1 saturated heterocycles. The zero-order valence-electron chi connectivity index (χ0n) is 6.03. The summed E-state index contributed by atoms with van der Waals surface area (Å²) >= 11 is 1.42. The molecule has 1 fully saturated rings. The molecule has 0 aromatic rings. The first-order valence-electron chi connectivity index (χ1n) is 3.04. The maximum absolute atomic E-state index is 11.1. The van der Waals surface area contributed by atoms with Gasteiger partial charge in [-0.15, -0.1) is 11.8 Å². The van der Waals surface area contributed by atoms with Crippen molar-refractivity contribution in [2.24, 2.45) is 0 Å². The fraction of sp³-hybridized carbons (Fsp3) is 1.00. The molecule has 0 aromatic heterocycles. The molecule has 5 heteroatoms. The summed E-state index contributed by atoms with van der Waals surface area (Å²) in [6.07, 6.45) is 0. The Morgan fingerprint density at radius 1 is 1.80 bits per heavy atom. The van der Waals surface area contributed by atoms with Crippen molar-refractivity contribution < 1.29 is 14.2 Å². The van der Waals surface area contributed by atoms with Crippen LogP contribution >= 0.6 is 19.1 Å². The van der Waals surface area contributed by atoms with E-state index >= 15 is 0 Å². The van der Waals surface area contributed by atoms with Gasteiger partial charge >= 0.3 is 0 Å². The number of rotatable bonds is 1. The third kappa shape index (κ3) is 1.40. The minimum absolute atomic E-state index is 0.583. The summed E-state index contributed by atoms with van der Waals surface area (Å²) in [6.45, 7) is 3.59. The Labute approximate surface area is 64.6 Å². The van der Waals surface area contributed by atoms with Crippen molar-refractivity contribution in [3.05, 3.63) is 0 Å². The summed E-state index contributed by atoms with van der Waals surface area (Å²) in [5.74, 6) is 0.814. The molecule has 0 aromatic carbocycles. The lowest BCUT2D eigenvalue weighted by Gasteiger charge is -2.24. The molecule has 1 rings (SSSR count). The molecular formula is C5H11O3PS. The number of thioether (sulfide) groups is 1. The molecule has 2 atom stereocenters. The molecule has 10 heavy (non-hydrogen) atoms. The summed E-state index contributed by atoms with van der Waals surface area (Å²) in [4.78, 5) is 9.19. The third-order valence-corrected chi connectivity index (χ3v) is 5.64. The lowest BCUT2D eigenvalue weighted by atomic mass is 10.8. The summed E-state index contributed by atoms with van der Waals surface area (Å²) < 4.78 is 15.5. The predicted octanol–water partition coefficient (Wildman–Crippen LogP) is 1.32. The second-order valence-electron chi connectivity index (χ2n) is 2.47. The summed E-state index contributed by atoms with van der Waals surface area (Å²) in [6, 6.07) is 0. The number of hydrogen-bond donors (Lipinski definition) is 1. The Kier molecular flexibility index (Phi) is 2.17. The summed E-state index contributed by atoms with van der Waals surface area (Å²) in [5.41, 5.74) is 0. The molecule has 0 amide bonds. The van der Waals surface area contributed by atoms with Crippen molar-refractivity contribution in [3.8, 4) is 0 Å². The highest BCUT2D eigenvalue weighted by Crippen LogP contribution is 2.59. The van der Waals surface area contributed by atoms with E-state index in [4.69, 9.17) is 4.74 Å². The fourth-order valence-electron chi connectivity index (χ4n) is 0.743. The lowest BCUT2D eigenvalue weighted by molar-refractivity contribution is 0.114. The van der Waals surface area contributed by atoms with Gasteiger partial charge in [0.2, 0.25) is 7.37 Å². The molecule has 1 aliphatic heterocycles. The quantitative estimate of drug-likeness (QED) is 0.621. The molecule has 1 N–H and O–H groups in total. The highest BCUT2D eigenvalue weighted by molar-refractivity contribution is 8.06.